The summed E-state index contributed by atoms with van der Waals surface area (Å²) in [5, 5.41) is 3.20. The topological polar surface area (TPSA) is 57.8 Å². The van der Waals surface area contributed by atoms with Crippen molar-refractivity contribution in [1.29, 1.82) is 0 Å². The molecule has 0 bridgehead atoms. The Hall–Kier alpha value is -2.62. The predicted molar refractivity (Wildman–Crippen MR) is 90.4 cm³/mol. The predicted octanol–water partition coefficient (Wildman–Crippen LogP) is 3.24. The van der Waals surface area contributed by atoms with E-state index in [-0.39, 0.29) is 11.9 Å². The van der Waals surface area contributed by atoms with Gasteiger partial charge >= 0.3 is 0 Å². The van der Waals surface area contributed by atoms with Crippen LogP contribution in [-0.2, 0) is 12.8 Å². The Kier molecular flexibility index (Phi) is 3.58. The Labute approximate surface area is 134 Å². The summed E-state index contributed by atoms with van der Waals surface area (Å²) in [7, 11) is 0. The van der Waals surface area contributed by atoms with E-state index in [0.29, 0.717) is 5.56 Å². The molecule has 3 aromatic rings. The van der Waals surface area contributed by atoms with E-state index in [9.17, 15) is 4.79 Å². The minimum Gasteiger partial charge on any atom is -0.349 e. The SMILES string of the molecule is O=C(NC1CCCc2ccccc2C1)c1ccc2nc[nH]c2c1. The van der Waals surface area contributed by atoms with Crippen molar-refractivity contribution >= 4 is 16.9 Å². The van der Waals surface area contributed by atoms with E-state index in [1.165, 1.54) is 11.1 Å². The Morgan fingerprint density at radius 3 is 2.96 bits per heavy atom. The van der Waals surface area contributed by atoms with Gasteiger partial charge in [0.25, 0.3) is 5.91 Å². The van der Waals surface area contributed by atoms with Crippen LogP contribution >= 0.6 is 0 Å². The van der Waals surface area contributed by atoms with Gasteiger partial charge in [-0.2, -0.15) is 0 Å². The first-order valence-electron chi connectivity index (χ1n) is 8.10. The molecule has 1 aliphatic carbocycles. The van der Waals surface area contributed by atoms with Crippen molar-refractivity contribution in [2.75, 3.05) is 0 Å². The lowest BCUT2D eigenvalue weighted by Crippen LogP contribution is -2.36. The molecule has 0 spiro atoms. The Morgan fingerprint density at radius 2 is 2.04 bits per heavy atom. The number of aryl methyl sites for hydroxylation is 1. The molecule has 0 saturated carbocycles. The number of rotatable bonds is 2. The molecule has 1 unspecified atom stereocenters. The quantitative estimate of drug-likeness (QED) is 0.714. The van der Waals surface area contributed by atoms with Crippen molar-refractivity contribution in [2.24, 2.45) is 0 Å². The number of aromatic nitrogens is 2. The van der Waals surface area contributed by atoms with E-state index in [1.807, 2.05) is 18.2 Å². The minimum atomic E-state index is -0.00844. The third kappa shape index (κ3) is 2.84. The van der Waals surface area contributed by atoms with Crippen LogP contribution in [0.15, 0.2) is 48.8 Å². The van der Waals surface area contributed by atoms with Crippen LogP contribution in [0.4, 0.5) is 0 Å². The molecule has 0 aliphatic heterocycles. The summed E-state index contributed by atoms with van der Waals surface area (Å²) in [5.41, 5.74) is 5.23. The normalized spacial score (nSPS) is 17.5. The minimum absolute atomic E-state index is 0.00844. The van der Waals surface area contributed by atoms with Crippen LogP contribution in [0.1, 0.15) is 34.3 Å². The summed E-state index contributed by atoms with van der Waals surface area (Å²) in [6.07, 6.45) is 5.79. The number of nitrogens with one attached hydrogen (secondary N) is 2. The zero-order chi connectivity index (χ0) is 15.6. The fraction of sp³-hybridized carbons (Fsp3) is 0.263. The molecule has 23 heavy (non-hydrogen) atoms. The highest BCUT2D eigenvalue weighted by molar-refractivity contribution is 5.97. The third-order valence-electron chi connectivity index (χ3n) is 4.60. The van der Waals surface area contributed by atoms with E-state index in [1.54, 1.807) is 6.33 Å². The van der Waals surface area contributed by atoms with Crippen molar-refractivity contribution in [3.63, 3.8) is 0 Å². The van der Waals surface area contributed by atoms with Crippen LogP contribution in [-0.4, -0.2) is 21.9 Å². The summed E-state index contributed by atoms with van der Waals surface area (Å²) in [4.78, 5) is 19.8. The first-order chi connectivity index (χ1) is 11.3. The van der Waals surface area contributed by atoms with E-state index in [4.69, 9.17) is 0 Å². The monoisotopic (exact) mass is 305 g/mol. The zero-order valence-corrected chi connectivity index (χ0v) is 12.9. The lowest BCUT2D eigenvalue weighted by Gasteiger charge is -2.17. The molecule has 0 saturated heterocycles. The van der Waals surface area contributed by atoms with Crippen LogP contribution in [0, 0.1) is 0 Å². The van der Waals surface area contributed by atoms with Crippen LogP contribution in [0.25, 0.3) is 11.0 Å². The number of benzene rings is 2. The third-order valence-corrected chi connectivity index (χ3v) is 4.60. The molecule has 1 amide bonds. The fourth-order valence-corrected chi connectivity index (χ4v) is 3.38. The second-order valence-electron chi connectivity index (χ2n) is 6.17. The Balaban J connectivity index is 1.52. The van der Waals surface area contributed by atoms with Gasteiger partial charge in [-0.25, -0.2) is 4.98 Å². The molecule has 2 N–H and O–H groups in total. The second kappa shape index (κ2) is 5.88. The number of imidazole rings is 1. The van der Waals surface area contributed by atoms with E-state index >= 15 is 0 Å². The molecule has 1 atom stereocenters. The number of aromatic amines is 1. The number of amides is 1. The molecule has 116 valence electrons. The van der Waals surface area contributed by atoms with Gasteiger partial charge in [0.05, 0.1) is 17.4 Å². The maximum Gasteiger partial charge on any atom is 0.251 e. The molecular weight excluding hydrogens is 286 g/mol. The number of nitrogens with zero attached hydrogens (tertiary/aromatic N) is 1. The number of hydrogen-bond donors (Lipinski definition) is 2. The Morgan fingerprint density at radius 1 is 1.17 bits per heavy atom. The van der Waals surface area contributed by atoms with Gasteiger partial charge in [0.15, 0.2) is 0 Å². The van der Waals surface area contributed by atoms with Crippen molar-refractivity contribution in [2.45, 2.75) is 31.7 Å². The molecule has 4 nitrogen and oxygen atoms in total. The van der Waals surface area contributed by atoms with Crippen LogP contribution < -0.4 is 5.32 Å². The van der Waals surface area contributed by atoms with Gasteiger partial charge in [-0.15, -0.1) is 0 Å². The van der Waals surface area contributed by atoms with Crippen LogP contribution in [0.5, 0.6) is 0 Å². The van der Waals surface area contributed by atoms with Gasteiger partial charge in [-0.05, 0) is 55.0 Å². The molecule has 4 rings (SSSR count). The Bertz CT molecular complexity index is 852. The average molecular weight is 305 g/mol. The number of hydrogen-bond acceptors (Lipinski definition) is 2. The van der Waals surface area contributed by atoms with Crippen molar-refractivity contribution in [3.05, 3.63) is 65.5 Å². The highest BCUT2D eigenvalue weighted by Crippen LogP contribution is 2.21. The maximum atomic E-state index is 12.6. The number of H-pyrrole nitrogens is 1. The molecule has 0 fully saturated rings. The van der Waals surface area contributed by atoms with Crippen molar-refractivity contribution < 1.29 is 4.79 Å². The molecule has 1 heterocycles. The molecule has 4 heteroatoms. The lowest BCUT2D eigenvalue weighted by atomic mass is 10.0. The number of carbonyl (C=O) groups excluding carboxylic acids is 1. The summed E-state index contributed by atoms with van der Waals surface area (Å²) in [6.45, 7) is 0. The van der Waals surface area contributed by atoms with Gasteiger partial charge < -0.3 is 10.3 Å². The summed E-state index contributed by atoms with van der Waals surface area (Å²) < 4.78 is 0. The highest BCUT2D eigenvalue weighted by Gasteiger charge is 2.19. The second-order valence-corrected chi connectivity index (χ2v) is 6.17. The van der Waals surface area contributed by atoms with Gasteiger partial charge in [0.1, 0.15) is 0 Å². The first kappa shape index (κ1) is 14.0. The molecule has 1 aromatic heterocycles. The molecule has 2 aromatic carbocycles. The van der Waals surface area contributed by atoms with Crippen molar-refractivity contribution in [3.8, 4) is 0 Å². The molecule has 1 aliphatic rings. The van der Waals surface area contributed by atoms with Crippen LogP contribution in [0.2, 0.25) is 0 Å². The summed E-state index contributed by atoms with van der Waals surface area (Å²) in [6, 6.07) is 14.3. The maximum absolute atomic E-state index is 12.6. The van der Waals surface area contributed by atoms with Crippen molar-refractivity contribution in [1.82, 2.24) is 15.3 Å². The highest BCUT2D eigenvalue weighted by atomic mass is 16.1. The molecule has 0 radical (unpaired) electrons. The number of carbonyl (C=O) groups is 1. The zero-order valence-electron chi connectivity index (χ0n) is 12.9. The summed E-state index contributed by atoms with van der Waals surface area (Å²) >= 11 is 0. The van der Waals surface area contributed by atoms with Crippen LogP contribution in [0.3, 0.4) is 0 Å². The largest absolute Gasteiger partial charge is 0.349 e. The van der Waals surface area contributed by atoms with Gasteiger partial charge in [-0.1, -0.05) is 24.3 Å². The van der Waals surface area contributed by atoms with Gasteiger partial charge in [0, 0.05) is 11.6 Å². The lowest BCUT2D eigenvalue weighted by molar-refractivity contribution is 0.0935. The standard InChI is InChI=1S/C19H19N3O/c23-19(15-8-9-17-18(11-15)21-12-20-17)22-16-7-3-6-13-4-1-2-5-14(13)10-16/h1-2,4-5,8-9,11-12,16H,3,6-7,10H2,(H,20,21)(H,22,23). The summed E-state index contributed by atoms with van der Waals surface area (Å²) in [5.74, 6) is -0.00844. The van der Waals surface area contributed by atoms with E-state index in [0.717, 1.165) is 36.7 Å². The van der Waals surface area contributed by atoms with E-state index in [2.05, 4.69) is 39.6 Å². The smallest absolute Gasteiger partial charge is 0.251 e. The van der Waals surface area contributed by atoms with Gasteiger partial charge in [-0.3, -0.25) is 4.79 Å². The fourth-order valence-electron chi connectivity index (χ4n) is 3.38. The van der Waals surface area contributed by atoms with Gasteiger partial charge in [0.2, 0.25) is 0 Å². The molecular formula is C19H19N3O. The van der Waals surface area contributed by atoms with E-state index < -0.39 is 0 Å². The number of fused-ring (bicyclic) bond motifs is 2. The average Bonchev–Trinajstić information content (AvgIpc) is 2.94. The first-order valence-corrected chi connectivity index (χ1v) is 8.10.